The Morgan fingerprint density at radius 2 is 1.92 bits per heavy atom. The predicted molar refractivity (Wildman–Crippen MR) is 95.6 cm³/mol. The number of aromatic nitrogens is 2. The average molecular weight is 391 g/mol. The van der Waals surface area contributed by atoms with E-state index in [0.717, 1.165) is 50.4 Å². The number of hydrogen-bond acceptors (Lipinski definition) is 4. The van der Waals surface area contributed by atoms with Crippen molar-refractivity contribution in [2.75, 3.05) is 31.1 Å². The lowest BCUT2D eigenvalue weighted by molar-refractivity contribution is 0.246. The zero-order chi connectivity index (χ0) is 16.5. The quantitative estimate of drug-likeness (QED) is 0.805. The zero-order valence-electron chi connectivity index (χ0n) is 13.5. The van der Waals surface area contributed by atoms with Crippen LogP contribution in [-0.4, -0.2) is 41.0 Å². The van der Waals surface area contributed by atoms with Gasteiger partial charge in [-0.1, -0.05) is 12.1 Å². The highest BCUT2D eigenvalue weighted by Crippen LogP contribution is 2.28. The molecule has 0 spiro atoms. The van der Waals surface area contributed by atoms with E-state index in [0.29, 0.717) is 11.0 Å². The number of aryl methyl sites for hydroxylation is 1. The van der Waals surface area contributed by atoms with Gasteiger partial charge in [-0.3, -0.25) is 4.90 Å². The molecular weight excluding hydrogens is 371 g/mol. The number of nitrogens with zero attached hydrogens (tertiary/aromatic N) is 4. The largest absolute Gasteiger partial charge is 0.354 e. The molecule has 0 bridgehead atoms. The van der Waals surface area contributed by atoms with Gasteiger partial charge in [0.15, 0.2) is 0 Å². The highest BCUT2D eigenvalue weighted by molar-refractivity contribution is 9.10. The van der Waals surface area contributed by atoms with Crippen molar-refractivity contribution in [3.8, 4) is 0 Å². The third-order valence-electron chi connectivity index (χ3n) is 4.95. The summed E-state index contributed by atoms with van der Waals surface area (Å²) < 4.78 is 14.7. The molecule has 2 heterocycles. The van der Waals surface area contributed by atoms with Crippen LogP contribution in [0.25, 0.3) is 0 Å². The molecule has 0 amide bonds. The van der Waals surface area contributed by atoms with Gasteiger partial charge in [-0.05, 0) is 41.3 Å². The number of benzene rings is 1. The Kier molecular flexibility index (Phi) is 4.50. The summed E-state index contributed by atoms with van der Waals surface area (Å²) in [6.07, 6.45) is 5.05. The Bertz CT molecular complexity index is 744. The molecule has 1 aromatic heterocycles. The van der Waals surface area contributed by atoms with Gasteiger partial charge in [0.25, 0.3) is 0 Å². The van der Waals surface area contributed by atoms with E-state index in [1.54, 1.807) is 12.4 Å². The predicted octanol–water partition coefficient (Wildman–Crippen LogP) is 3.19. The van der Waals surface area contributed by atoms with Crippen molar-refractivity contribution in [3.05, 3.63) is 51.6 Å². The van der Waals surface area contributed by atoms with E-state index in [1.165, 1.54) is 17.7 Å². The summed E-state index contributed by atoms with van der Waals surface area (Å²) in [5.74, 6) is 0.972. The average Bonchev–Trinajstić information content (AvgIpc) is 3.08. The molecule has 0 radical (unpaired) electrons. The van der Waals surface area contributed by atoms with Gasteiger partial charge in [0.2, 0.25) is 0 Å². The molecule has 1 saturated heterocycles. The first-order valence-corrected chi connectivity index (χ1v) is 9.24. The molecule has 4 rings (SSSR count). The van der Waals surface area contributed by atoms with E-state index in [2.05, 4.69) is 35.7 Å². The van der Waals surface area contributed by atoms with Crippen molar-refractivity contribution in [2.24, 2.45) is 0 Å². The molecule has 4 nitrogen and oxygen atoms in total. The molecular formula is C18H20BrFN4. The SMILES string of the molecule is Fc1c(Br)cccc1CN1CCN(c2ncnc3c2CCC3)CC1. The van der Waals surface area contributed by atoms with Crippen molar-refractivity contribution >= 4 is 21.7 Å². The molecule has 0 saturated carbocycles. The molecule has 126 valence electrons. The van der Waals surface area contributed by atoms with Gasteiger partial charge in [0.1, 0.15) is 18.0 Å². The van der Waals surface area contributed by atoms with Crippen LogP contribution in [0.5, 0.6) is 0 Å². The minimum absolute atomic E-state index is 0.145. The second-order valence-electron chi connectivity index (χ2n) is 6.45. The molecule has 0 N–H and O–H groups in total. The van der Waals surface area contributed by atoms with Crippen LogP contribution in [0.2, 0.25) is 0 Å². The Balaban J connectivity index is 1.42. The normalized spacial score (nSPS) is 18.0. The Hall–Kier alpha value is -1.53. The summed E-state index contributed by atoms with van der Waals surface area (Å²) in [5, 5.41) is 0. The third-order valence-corrected chi connectivity index (χ3v) is 5.56. The number of hydrogen-bond donors (Lipinski definition) is 0. The van der Waals surface area contributed by atoms with Gasteiger partial charge in [-0.15, -0.1) is 0 Å². The van der Waals surface area contributed by atoms with Crippen LogP contribution in [-0.2, 0) is 19.4 Å². The maximum absolute atomic E-state index is 14.1. The summed E-state index contributed by atoms with van der Waals surface area (Å²) in [6.45, 7) is 4.36. The van der Waals surface area contributed by atoms with Gasteiger partial charge in [0, 0.05) is 49.5 Å². The summed E-state index contributed by atoms with van der Waals surface area (Å²) >= 11 is 3.26. The first-order chi connectivity index (χ1) is 11.7. The van der Waals surface area contributed by atoms with Crippen molar-refractivity contribution in [2.45, 2.75) is 25.8 Å². The number of piperazine rings is 1. The number of halogens is 2. The maximum Gasteiger partial charge on any atom is 0.141 e. The molecule has 1 aromatic carbocycles. The van der Waals surface area contributed by atoms with Crippen LogP contribution < -0.4 is 4.90 Å². The van der Waals surface area contributed by atoms with Crippen LogP contribution in [0, 0.1) is 5.82 Å². The summed E-state index contributed by atoms with van der Waals surface area (Å²) in [6, 6.07) is 5.50. The smallest absolute Gasteiger partial charge is 0.141 e. The molecule has 24 heavy (non-hydrogen) atoms. The van der Waals surface area contributed by atoms with Gasteiger partial charge in [-0.2, -0.15) is 0 Å². The number of rotatable bonds is 3. The first kappa shape index (κ1) is 16.0. The molecule has 6 heteroatoms. The summed E-state index contributed by atoms with van der Waals surface area (Å²) in [5.41, 5.74) is 3.31. The van der Waals surface area contributed by atoms with Gasteiger partial charge in [-0.25, -0.2) is 14.4 Å². The Morgan fingerprint density at radius 3 is 2.75 bits per heavy atom. The van der Waals surface area contributed by atoms with E-state index in [4.69, 9.17) is 0 Å². The lowest BCUT2D eigenvalue weighted by atomic mass is 10.1. The Morgan fingerprint density at radius 1 is 1.08 bits per heavy atom. The van der Waals surface area contributed by atoms with Gasteiger partial charge >= 0.3 is 0 Å². The second kappa shape index (κ2) is 6.76. The highest BCUT2D eigenvalue weighted by atomic mass is 79.9. The highest BCUT2D eigenvalue weighted by Gasteiger charge is 2.24. The zero-order valence-corrected chi connectivity index (χ0v) is 15.1. The molecule has 2 aromatic rings. The van der Waals surface area contributed by atoms with Crippen LogP contribution in [0.15, 0.2) is 29.0 Å². The maximum atomic E-state index is 14.1. The van der Waals surface area contributed by atoms with Crippen LogP contribution in [0.4, 0.5) is 10.2 Å². The lowest BCUT2D eigenvalue weighted by Crippen LogP contribution is -2.46. The Labute approximate surface area is 149 Å². The minimum Gasteiger partial charge on any atom is -0.354 e. The third kappa shape index (κ3) is 3.05. The van der Waals surface area contributed by atoms with E-state index in [-0.39, 0.29) is 5.82 Å². The van der Waals surface area contributed by atoms with Crippen LogP contribution in [0.3, 0.4) is 0 Å². The number of anilines is 1. The molecule has 2 aliphatic rings. The van der Waals surface area contributed by atoms with E-state index < -0.39 is 0 Å². The van der Waals surface area contributed by atoms with Crippen molar-refractivity contribution in [3.63, 3.8) is 0 Å². The number of fused-ring (bicyclic) bond motifs is 1. The fourth-order valence-electron chi connectivity index (χ4n) is 3.64. The van der Waals surface area contributed by atoms with E-state index >= 15 is 0 Å². The molecule has 1 aliphatic carbocycles. The topological polar surface area (TPSA) is 32.3 Å². The lowest BCUT2D eigenvalue weighted by Gasteiger charge is -2.36. The fourth-order valence-corrected chi connectivity index (χ4v) is 4.05. The fraction of sp³-hybridized carbons (Fsp3) is 0.444. The molecule has 1 fully saturated rings. The summed E-state index contributed by atoms with van der Waals surface area (Å²) in [7, 11) is 0. The standard InChI is InChI=1S/C18H20BrFN4/c19-15-5-1-3-13(17(15)20)11-23-7-9-24(10-8-23)18-14-4-2-6-16(14)21-12-22-18/h1,3,5,12H,2,4,6-11H2. The molecule has 0 unspecified atom stereocenters. The van der Waals surface area contributed by atoms with Crippen molar-refractivity contribution in [1.82, 2.24) is 14.9 Å². The van der Waals surface area contributed by atoms with E-state index in [9.17, 15) is 4.39 Å². The van der Waals surface area contributed by atoms with E-state index in [1.807, 2.05) is 12.1 Å². The molecule has 1 aliphatic heterocycles. The van der Waals surface area contributed by atoms with Crippen molar-refractivity contribution < 1.29 is 4.39 Å². The molecule has 0 atom stereocenters. The van der Waals surface area contributed by atoms with Gasteiger partial charge in [0.05, 0.1) is 4.47 Å². The van der Waals surface area contributed by atoms with Crippen LogP contribution in [0.1, 0.15) is 23.2 Å². The van der Waals surface area contributed by atoms with Crippen LogP contribution >= 0.6 is 15.9 Å². The first-order valence-electron chi connectivity index (χ1n) is 8.45. The second-order valence-corrected chi connectivity index (χ2v) is 7.31. The minimum atomic E-state index is -0.145. The monoisotopic (exact) mass is 390 g/mol. The summed E-state index contributed by atoms with van der Waals surface area (Å²) in [4.78, 5) is 13.6. The van der Waals surface area contributed by atoms with Crippen molar-refractivity contribution in [1.29, 1.82) is 0 Å². The van der Waals surface area contributed by atoms with Gasteiger partial charge < -0.3 is 4.90 Å².